The van der Waals surface area contributed by atoms with E-state index in [-0.39, 0.29) is 10.8 Å². The highest BCUT2D eigenvalue weighted by molar-refractivity contribution is 8.00. The van der Waals surface area contributed by atoms with Gasteiger partial charge in [0.15, 0.2) is 0 Å². The maximum Gasteiger partial charge on any atom is 0.326 e. The van der Waals surface area contributed by atoms with Crippen LogP contribution in [0.4, 0.5) is 4.79 Å². The standard InChI is InChI=1S/C13H24N2O3S/c1-12(2,3)9(10(16)17)14-11(18)15-6-7-19-13(4,5)8-15/h9H,6-8H2,1-5H3,(H,14,18)(H,16,17)/t9-/m1/s1. The Labute approximate surface area is 119 Å². The molecule has 6 heteroatoms. The van der Waals surface area contributed by atoms with Crippen LogP contribution in [0.25, 0.3) is 0 Å². The predicted molar refractivity (Wildman–Crippen MR) is 77.5 cm³/mol. The maximum atomic E-state index is 12.2. The maximum absolute atomic E-state index is 12.2. The molecule has 0 aromatic carbocycles. The average molecular weight is 288 g/mol. The molecule has 1 atom stereocenters. The van der Waals surface area contributed by atoms with Crippen LogP contribution in [-0.4, -0.2) is 51.6 Å². The van der Waals surface area contributed by atoms with Crippen LogP contribution in [0.5, 0.6) is 0 Å². The van der Waals surface area contributed by atoms with Crippen LogP contribution in [0, 0.1) is 5.41 Å². The van der Waals surface area contributed by atoms with E-state index in [4.69, 9.17) is 0 Å². The molecule has 0 aliphatic carbocycles. The van der Waals surface area contributed by atoms with Gasteiger partial charge in [0.05, 0.1) is 0 Å². The Hall–Kier alpha value is -0.910. The number of thioether (sulfide) groups is 1. The average Bonchev–Trinajstić information content (AvgIpc) is 2.21. The number of rotatable bonds is 2. The van der Waals surface area contributed by atoms with Gasteiger partial charge < -0.3 is 15.3 Å². The highest BCUT2D eigenvalue weighted by atomic mass is 32.2. The number of amides is 2. The molecule has 0 bridgehead atoms. The number of urea groups is 1. The number of aliphatic carboxylic acids is 1. The summed E-state index contributed by atoms with van der Waals surface area (Å²) >= 11 is 1.83. The second-order valence-electron chi connectivity index (χ2n) is 6.62. The Morgan fingerprint density at radius 1 is 1.37 bits per heavy atom. The van der Waals surface area contributed by atoms with E-state index in [2.05, 4.69) is 19.2 Å². The molecule has 0 saturated carbocycles. The molecule has 0 radical (unpaired) electrons. The third kappa shape index (κ3) is 4.60. The van der Waals surface area contributed by atoms with Crippen molar-refractivity contribution in [2.45, 2.75) is 45.4 Å². The first-order valence-electron chi connectivity index (χ1n) is 6.45. The molecule has 110 valence electrons. The monoisotopic (exact) mass is 288 g/mol. The van der Waals surface area contributed by atoms with Crippen molar-refractivity contribution < 1.29 is 14.7 Å². The first-order chi connectivity index (χ1) is 8.53. The third-order valence-corrected chi connectivity index (χ3v) is 4.39. The Morgan fingerprint density at radius 3 is 2.37 bits per heavy atom. The van der Waals surface area contributed by atoms with Crippen molar-refractivity contribution >= 4 is 23.8 Å². The number of carboxylic acid groups (broad SMARTS) is 1. The minimum absolute atomic E-state index is 0.0239. The molecule has 1 saturated heterocycles. The van der Waals surface area contributed by atoms with Crippen LogP contribution in [0.15, 0.2) is 0 Å². The van der Waals surface area contributed by atoms with Crippen LogP contribution in [0.2, 0.25) is 0 Å². The van der Waals surface area contributed by atoms with E-state index in [0.29, 0.717) is 13.1 Å². The molecule has 19 heavy (non-hydrogen) atoms. The lowest BCUT2D eigenvalue weighted by atomic mass is 9.87. The zero-order chi connectivity index (χ0) is 14.8. The van der Waals surface area contributed by atoms with Crippen molar-refractivity contribution in [3.8, 4) is 0 Å². The van der Waals surface area contributed by atoms with E-state index in [1.807, 2.05) is 32.5 Å². The summed E-state index contributed by atoms with van der Waals surface area (Å²) in [4.78, 5) is 25.2. The number of carbonyl (C=O) groups excluding carboxylic acids is 1. The van der Waals surface area contributed by atoms with Crippen molar-refractivity contribution in [1.29, 1.82) is 0 Å². The predicted octanol–water partition coefficient (Wildman–Crippen LogP) is 2.02. The van der Waals surface area contributed by atoms with Crippen LogP contribution in [-0.2, 0) is 4.79 Å². The molecular formula is C13H24N2O3S. The van der Waals surface area contributed by atoms with Gasteiger partial charge in [0.1, 0.15) is 6.04 Å². The number of carboxylic acids is 1. The number of carbonyl (C=O) groups is 2. The summed E-state index contributed by atoms with van der Waals surface area (Å²) in [6.45, 7) is 10.9. The van der Waals surface area contributed by atoms with E-state index in [1.165, 1.54) is 0 Å². The van der Waals surface area contributed by atoms with Gasteiger partial charge in [-0.25, -0.2) is 9.59 Å². The molecule has 0 aromatic heterocycles. The molecule has 1 aliphatic rings. The summed E-state index contributed by atoms with van der Waals surface area (Å²) in [5, 5.41) is 11.9. The van der Waals surface area contributed by atoms with Crippen molar-refractivity contribution in [2.75, 3.05) is 18.8 Å². The summed E-state index contributed by atoms with van der Waals surface area (Å²) in [5.41, 5.74) is -0.512. The summed E-state index contributed by atoms with van der Waals surface area (Å²) < 4.78 is 0.0239. The van der Waals surface area contributed by atoms with Gasteiger partial charge in [0.2, 0.25) is 0 Å². The van der Waals surface area contributed by atoms with E-state index in [1.54, 1.807) is 4.90 Å². The first kappa shape index (κ1) is 16.1. The highest BCUT2D eigenvalue weighted by Gasteiger charge is 2.36. The largest absolute Gasteiger partial charge is 0.480 e. The SMILES string of the molecule is CC1(C)CN(C(=O)N[C@H](C(=O)O)C(C)(C)C)CCS1. The van der Waals surface area contributed by atoms with E-state index >= 15 is 0 Å². The molecule has 0 spiro atoms. The van der Waals surface area contributed by atoms with Crippen molar-refractivity contribution in [1.82, 2.24) is 10.2 Å². The van der Waals surface area contributed by atoms with Gasteiger partial charge in [-0.1, -0.05) is 20.8 Å². The van der Waals surface area contributed by atoms with Crippen LogP contribution >= 0.6 is 11.8 Å². The summed E-state index contributed by atoms with van der Waals surface area (Å²) in [6, 6.07) is -1.16. The molecule has 1 fully saturated rings. The summed E-state index contributed by atoms with van der Waals surface area (Å²) in [6.07, 6.45) is 0. The molecule has 1 aliphatic heterocycles. The van der Waals surface area contributed by atoms with Gasteiger partial charge in [-0.2, -0.15) is 11.8 Å². The second-order valence-corrected chi connectivity index (χ2v) is 8.42. The fraction of sp³-hybridized carbons (Fsp3) is 0.846. The lowest BCUT2D eigenvalue weighted by molar-refractivity contribution is -0.142. The van der Waals surface area contributed by atoms with E-state index < -0.39 is 17.4 Å². The minimum atomic E-state index is -0.994. The third-order valence-electron chi connectivity index (χ3n) is 3.09. The highest BCUT2D eigenvalue weighted by Crippen LogP contribution is 2.29. The van der Waals surface area contributed by atoms with Gasteiger partial charge >= 0.3 is 12.0 Å². The summed E-state index contributed by atoms with van der Waals surface area (Å²) in [5.74, 6) is -0.111. The number of hydrogen-bond acceptors (Lipinski definition) is 3. The zero-order valence-electron chi connectivity index (χ0n) is 12.3. The van der Waals surface area contributed by atoms with Gasteiger partial charge in [0, 0.05) is 23.6 Å². The number of hydrogen-bond donors (Lipinski definition) is 2. The Morgan fingerprint density at radius 2 is 1.95 bits per heavy atom. The van der Waals surface area contributed by atoms with E-state index in [0.717, 1.165) is 5.75 Å². The Kier molecular flexibility index (Phi) is 4.76. The van der Waals surface area contributed by atoms with Crippen molar-refractivity contribution in [3.05, 3.63) is 0 Å². The minimum Gasteiger partial charge on any atom is -0.480 e. The fourth-order valence-corrected chi connectivity index (χ4v) is 3.16. The van der Waals surface area contributed by atoms with Gasteiger partial charge in [-0.15, -0.1) is 0 Å². The smallest absolute Gasteiger partial charge is 0.326 e. The quantitative estimate of drug-likeness (QED) is 0.815. The van der Waals surface area contributed by atoms with Crippen LogP contribution < -0.4 is 5.32 Å². The molecule has 0 unspecified atom stereocenters. The normalized spacial score (nSPS) is 20.8. The number of nitrogens with zero attached hydrogens (tertiary/aromatic N) is 1. The van der Waals surface area contributed by atoms with Crippen LogP contribution in [0.3, 0.4) is 0 Å². The van der Waals surface area contributed by atoms with Crippen molar-refractivity contribution in [3.63, 3.8) is 0 Å². The molecule has 1 heterocycles. The Bertz CT molecular complexity index is 363. The fourth-order valence-electron chi connectivity index (χ4n) is 2.05. The molecule has 2 N–H and O–H groups in total. The van der Waals surface area contributed by atoms with Gasteiger partial charge in [-0.05, 0) is 19.3 Å². The van der Waals surface area contributed by atoms with Gasteiger partial charge in [-0.3, -0.25) is 0 Å². The first-order valence-corrected chi connectivity index (χ1v) is 7.44. The number of nitrogens with one attached hydrogen (secondary N) is 1. The zero-order valence-corrected chi connectivity index (χ0v) is 13.1. The molecule has 0 aromatic rings. The summed E-state index contributed by atoms with van der Waals surface area (Å²) in [7, 11) is 0. The molecule has 2 amide bonds. The van der Waals surface area contributed by atoms with Gasteiger partial charge in [0.25, 0.3) is 0 Å². The lowest BCUT2D eigenvalue weighted by Crippen LogP contribution is -2.56. The Balaban J connectivity index is 2.70. The second kappa shape index (κ2) is 5.61. The van der Waals surface area contributed by atoms with Crippen molar-refractivity contribution in [2.24, 2.45) is 5.41 Å². The molecule has 5 nitrogen and oxygen atoms in total. The van der Waals surface area contributed by atoms with Crippen LogP contribution in [0.1, 0.15) is 34.6 Å². The van der Waals surface area contributed by atoms with E-state index in [9.17, 15) is 14.7 Å². The topological polar surface area (TPSA) is 69.6 Å². The lowest BCUT2D eigenvalue weighted by Gasteiger charge is -2.38. The molecular weight excluding hydrogens is 264 g/mol. The molecule has 1 rings (SSSR count).